The summed E-state index contributed by atoms with van der Waals surface area (Å²) in [5, 5.41) is 5.31. The number of para-hydroxylation sites is 1. The quantitative estimate of drug-likeness (QED) is 0.675. The molecule has 0 aliphatic carbocycles. The van der Waals surface area contributed by atoms with E-state index in [2.05, 4.69) is 10.6 Å². The Bertz CT molecular complexity index is 909. The first kappa shape index (κ1) is 21.6. The van der Waals surface area contributed by atoms with Gasteiger partial charge in [0.1, 0.15) is 5.75 Å². The van der Waals surface area contributed by atoms with Gasteiger partial charge in [-0.15, -0.1) is 0 Å². The minimum atomic E-state index is -3.54. The van der Waals surface area contributed by atoms with Gasteiger partial charge in [0.15, 0.2) is 9.84 Å². The van der Waals surface area contributed by atoms with E-state index in [9.17, 15) is 18.0 Å². The van der Waals surface area contributed by atoms with Crippen molar-refractivity contribution in [2.75, 3.05) is 16.8 Å². The third-order valence-corrected chi connectivity index (χ3v) is 5.59. The van der Waals surface area contributed by atoms with Crippen molar-refractivity contribution in [3.05, 3.63) is 65.7 Å². The van der Waals surface area contributed by atoms with Crippen LogP contribution < -0.4 is 10.6 Å². The third kappa shape index (κ3) is 7.15. The Kier molecular flexibility index (Phi) is 7.75. The number of hydrogen-bond donors (Lipinski definition) is 2. The van der Waals surface area contributed by atoms with Crippen molar-refractivity contribution < 1.29 is 18.0 Å². The second-order valence-electron chi connectivity index (χ2n) is 6.90. The summed E-state index contributed by atoms with van der Waals surface area (Å²) in [6.45, 7) is 3.67. The Morgan fingerprint density at radius 1 is 0.964 bits per heavy atom. The maximum Gasteiger partial charge on any atom is 0.253 e. The topological polar surface area (TPSA) is 92.3 Å². The third-order valence-electron chi connectivity index (χ3n) is 3.98. The fourth-order valence-corrected chi connectivity index (χ4v) is 3.93. The van der Waals surface area contributed by atoms with Crippen molar-refractivity contribution in [3.8, 4) is 0 Å². The Morgan fingerprint density at radius 2 is 1.61 bits per heavy atom. The summed E-state index contributed by atoms with van der Waals surface area (Å²) in [6.07, 6.45) is 1.09. The largest absolute Gasteiger partial charge is 0.350 e. The summed E-state index contributed by atoms with van der Waals surface area (Å²) < 4.78 is 24.5. The molecule has 0 fully saturated rings. The predicted molar refractivity (Wildman–Crippen MR) is 111 cm³/mol. The van der Waals surface area contributed by atoms with Crippen LogP contribution in [0.5, 0.6) is 0 Å². The number of sulfone groups is 1. The van der Waals surface area contributed by atoms with Gasteiger partial charge in [0.25, 0.3) is 5.91 Å². The SMILES string of the molecule is CC(C)NC(=O)c1ccccc1NC(=O)CS(=O)(=O)CCCc1ccccc1. The Hall–Kier alpha value is -2.67. The van der Waals surface area contributed by atoms with Crippen LogP contribution >= 0.6 is 0 Å². The molecule has 2 N–H and O–H groups in total. The number of carbonyl (C=O) groups excluding carboxylic acids is 2. The molecule has 2 rings (SSSR count). The van der Waals surface area contributed by atoms with E-state index >= 15 is 0 Å². The van der Waals surface area contributed by atoms with Crippen LogP contribution in [0.15, 0.2) is 54.6 Å². The number of nitrogens with one attached hydrogen (secondary N) is 2. The summed E-state index contributed by atoms with van der Waals surface area (Å²) in [5.41, 5.74) is 1.66. The fourth-order valence-electron chi connectivity index (χ4n) is 2.73. The van der Waals surface area contributed by atoms with Crippen molar-refractivity contribution in [1.82, 2.24) is 5.32 Å². The second kappa shape index (κ2) is 10.0. The lowest BCUT2D eigenvalue weighted by atomic mass is 10.1. The monoisotopic (exact) mass is 402 g/mol. The molecule has 2 aromatic rings. The second-order valence-corrected chi connectivity index (χ2v) is 9.09. The standard InChI is InChI=1S/C21H26N2O4S/c1-16(2)22-21(25)18-12-6-7-13-19(18)23-20(24)15-28(26,27)14-8-11-17-9-4-3-5-10-17/h3-7,9-10,12-13,16H,8,11,14-15H2,1-2H3,(H,22,25)(H,23,24). The van der Waals surface area contributed by atoms with E-state index in [-0.39, 0.29) is 17.7 Å². The first-order valence-corrected chi connectivity index (χ1v) is 11.0. The van der Waals surface area contributed by atoms with Gasteiger partial charge in [-0.25, -0.2) is 8.42 Å². The first-order chi connectivity index (χ1) is 13.3. The van der Waals surface area contributed by atoms with Crippen LogP contribution in [0, 0.1) is 0 Å². The van der Waals surface area contributed by atoms with Gasteiger partial charge in [-0.2, -0.15) is 0 Å². The molecule has 0 aliphatic rings. The molecule has 0 aromatic heterocycles. The molecule has 0 heterocycles. The molecule has 0 radical (unpaired) electrons. The summed E-state index contributed by atoms with van der Waals surface area (Å²) in [6, 6.07) is 16.1. The highest BCUT2D eigenvalue weighted by molar-refractivity contribution is 7.92. The molecule has 0 saturated heterocycles. The van der Waals surface area contributed by atoms with E-state index in [1.54, 1.807) is 24.3 Å². The van der Waals surface area contributed by atoms with Crippen LogP contribution in [0.1, 0.15) is 36.2 Å². The minimum Gasteiger partial charge on any atom is -0.350 e. The minimum absolute atomic E-state index is 0.0544. The molecule has 0 spiro atoms. The Labute approximate surface area is 166 Å². The first-order valence-electron chi connectivity index (χ1n) is 9.21. The van der Waals surface area contributed by atoms with Crippen molar-refractivity contribution in [2.24, 2.45) is 0 Å². The normalized spacial score (nSPS) is 11.2. The highest BCUT2D eigenvalue weighted by atomic mass is 32.2. The number of carbonyl (C=O) groups is 2. The average Bonchev–Trinajstić information content (AvgIpc) is 2.61. The number of rotatable bonds is 9. The lowest BCUT2D eigenvalue weighted by Crippen LogP contribution is -2.31. The molecular weight excluding hydrogens is 376 g/mol. The Morgan fingerprint density at radius 3 is 2.29 bits per heavy atom. The van der Waals surface area contributed by atoms with E-state index in [1.807, 2.05) is 44.2 Å². The van der Waals surface area contributed by atoms with Gasteiger partial charge in [0.2, 0.25) is 5.91 Å². The summed E-state index contributed by atoms with van der Waals surface area (Å²) >= 11 is 0. The lowest BCUT2D eigenvalue weighted by Gasteiger charge is -2.13. The molecular formula is C21H26N2O4S. The van der Waals surface area contributed by atoms with Crippen LogP contribution in [0.2, 0.25) is 0 Å². The maximum atomic E-state index is 12.2. The number of anilines is 1. The maximum absolute atomic E-state index is 12.2. The van der Waals surface area contributed by atoms with Crippen LogP contribution in [-0.2, 0) is 21.1 Å². The zero-order valence-electron chi connectivity index (χ0n) is 16.1. The molecule has 0 atom stereocenters. The highest BCUT2D eigenvalue weighted by Gasteiger charge is 2.19. The van der Waals surface area contributed by atoms with Gasteiger partial charge in [-0.1, -0.05) is 42.5 Å². The van der Waals surface area contributed by atoms with Crippen molar-refractivity contribution in [3.63, 3.8) is 0 Å². The molecule has 0 saturated carbocycles. The van der Waals surface area contributed by atoms with Crippen LogP contribution in [0.4, 0.5) is 5.69 Å². The fraction of sp³-hybridized carbons (Fsp3) is 0.333. The molecule has 150 valence electrons. The van der Waals surface area contributed by atoms with E-state index in [1.165, 1.54) is 0 Å². The molecule has 2 aromatic carbocycles. The number of hydrogen-bond acceptors (Lipinski definition) is 4. The van der Waals surface area contributed by atoms with Gasteiger partial charge in [-0.3, -0.25) is 9.59 Å². The smallest absolute Gasteiger partial charge is 0.253 e. The zero-order valence-corrected chi connectivity index (χ0v) is 17.0. The molecule has 7 heteroatoms. The van der Waals surface area contributed by atoms with Crippen LogP contribution in [0.25, 0.3) is 0 Å². The molecule has 28 heavy (non-hydrogen) atoms. The van der Waals surface area contributed by atoms with Gasteiger partial charge in [0, 0.05) is 6.04 Å². The number of aryl methyl sites for hydroxylation is 1. The molecule has 0 bridgehead atoms. The van der Waals surface area contributed by atoms with Gasteiger partial charge < -0.3 is 10.6 Å². The lowest BCUT2D eigenvalue weighted by molar-refractivity contribution is -0.113. The van der Waals surface area contributed by atoms with E-state index < -0.39 is 21.5 Å². The van der Waals surface area contributed by atoms with Gasteiger partial charge >= 0.3 is 0 Å². The van der Waals surface area contributed by atoms with Gasteiger partial charge in [-0.05, 0) is 44.4 Å². The molecule has 6 nitrogen and oxygen atoms in total. The van der Waals surface area contributed by atoms with E-state index in [0.717, 1.165) is 5.56 Å². The molecule has 0 aliphatic heterocycles. The number of amides is 2. The number of benzene rings is 2. The summed E-state index contributed by atoms with van der Waals surface area (Å²) in [7, 11) is -3.54. The predicted octanol–water partition coefficient (Wildman–Crippen LogP) is 2.81. The van der Waals surface area contributed by atoms with E-state index in [0.29, 0.717) is 24.1 Å². The van der Waals surface area contributed by atoms with Gasteiger partial charge in [0.05, 0.1) is 17.0 Å². The van der Waals surface area contributed by atoms with Crippen molar-refractivity contribution in [1.29, 1.82) is 0 Å². The van der Waals surface area contributed by atoms with E-state index in [4.69, 9.17) is 0 Å². The average molecular weight is 403 g/mol. The van der Waals surface area contributed by atoms with Crippen LogP contribution in [-0.4, -0.2) is 37.8 Å². The van der Waals surface area contributed by atoms with Crippen molar-refractivity contribution >= 4 is 27.3 Å². The van der Waals surface area contributed by atoms with Crippen LogP contribution in [0.3, 0.4) is 0 Å². The summed E-state index contributed by atoms with van der Waals surface area (Å²) in [5.74, 6) is -1.65. The Balaban J connectivity index is 1.93. The molecule has 2 amide bonds. The zero-order chi connectivity index (χ0) is 20.6. The summed E-state index contributed by atoms with van der Waals surface area (Å²) in [4.78, 5) is 24.5. The molecule has 0 unspecified atom stereocenters. The van der Waals surface area contributed by atoms with Crippen molar-refractivity contribution in [2.45, 2.75) is 32.7 Å². The highest BCUT2D eigenvalue weighted by Crippen LogP contribution is 2.15.